The number of aliphatic carboxylic acids is 1. The smallest absolute Gasteiger partial charge is 0.320 e. The summed E-state index contributed by atoms with van der Waals surface area (Å²) < 4.78 is 5.53. The van der Waals surface area contributed by atoms with Crippen LogP contribution in [-0.4, -0.2) is 28.5 Å². The lowest BCUT2D eigenvalue weighted by atomic mass is 9.79. The molecule has 0 radical (unpaired) electrons. The highest BCUT2D eigenvalue weighted by atomic mass is 16.4. The van der Waals surface area contributed by atoms with E-state index < -0.39 is 17.8 Å². The fourth-order valence-corrected chi connectivity index (χ4v) is 2.70. The van der Waals surface area contributed by atoms with Crippen LogP contribution in [0.5, 0.6) is 0 Å². The Kier molecular flexibility index (Phi) is 3.08. The minimum atomic E-state index is -1.35. The zero-order valence-electron chi connectivity index (χ0n) is 11.3. The molecule has 1 amide bonds. The van der Waals surface area contributed by atoms with Crippen LogP contribution in [0.25, 0.3) is 0 Å². The highest BCUT2D eigenvalue weighted by molar-refractivity contribution is 6.29. The number of carbonyl (C=O) groups excluding carboxylic acids is 2. The molecule has 0 spiro atoms. The van der Waals surface area contributed by atoms with Crippen molar-refractivity contribution in [2.75, 3.05) is 0 Å². The Labute approximate surface area is 120 Å². The first kappa shape index (κ1) is 13.5. The molecule has 0 saturated heterocycles. The fraction of sp³-hybridized carbons (Fsp3) is 0.333. The van der Waals surface area contributed by atoms with E-state index in [1.54, 1.807) is 0 Å². The lowest BCUT2D eigenvalue weighted by molar-refractivity contribution is -0.143. The number of furan rings is 1. The Bertz CT molecular complexity index is 709. The molecule has 1 aromatic heterocycles. The molecule has 2 unspecified atom stereocenters. The van der Waals surface area contributed by atoms with Crippen molar-refractivity contribution in [3.8, 4) is 0 Å². The molecule has 2 aliphatic rings. The Morgan fingerprint density at radius 2 is 2.10 bits per heavy atom. The van der Waals surface area contributed by atoms with E-state index >= 15 is 0 Å². The Morgan fingerprint density at radius 3 is 2.71 bits per heavy atom. The normalized spacial score (nSPS) is 25.2. The first-order chi connectivity index (χ1) is 9.95. The molecule has 1 aliphatic heterocycles. The van der Waals surface area contributed by atoms with Crippen molar-refractivity contribution in [1.29, 1.82) is 0 Å². The van der Waals surface area contributed by atoms with Crippen LogP contribution in [0.2, 0.25) is 0 Å². The van der Waals surface area contributed by atoms with E-state index in [9.17, 15) is 14.4 Å². The highest BCUT2D eigenvalue weighted by Gasteiger charge is 2.37. The fourth-order valence-electron chi connectivity index (χ4n) is 2.70. The van der Waals surface area contributed by atoms with Crippen molar-refractivity contribution in [2.45, 2.75) is 25.7 Å². The van der Waals surface area contributed by atoms with Gasteiger partial charge in [0.2, 0.25) is 0 Å². The molecule has 1 saturated carbocycles. The first-order valence-corrected chi connectivity index (χ1v) is 6.61. The number of amides is 1. The summed E-state index contributed by atoms with van der Waals surface area (Å²) in [5.41, 5.74) is 0.634. The summed E-state index contributed by atoms with van der Waals surface area (Å²) in [6, 6.07) is 3.63. The molecule has 1 aromatic rings. The third kappa shape index (κ3) is 2.33. The number of carboxylic acid groups (broad SMARTS) is 1. The number of ketones is 1. The van der Waals surface area contributed by atoms with Crippen molar-refractivity contribution in [3.63, 3.8) is 0 Å². The van der Waals surface area contributed by atoms with Gasteiger partial charge in [0, 0.05) is 24.3 Å². The number of rotatable bonds is 2. The lowest BCUT2D eigenvalue weighted by Crippen LogP contribution is -2.33. The Balaban J connectivity index is 1.92. The topological polar surface area (TPSA) is 96.9 Å². The van der Waals surface area contributed by atoms with Crippen molar-refractivity contribution < 1.29 is 23.9 Å². The summed E-state index contributed by atoms with van der Waals surface area (Å²) in [6.07, 6.45) is 1.86. The molecule has 1 fully saturated rings. The maximum Gasteiger partial charge on any atom is 0.320 e. The van der Waals surface area contributed by atoms with Crippen LogP contribution >= 0.6 is 0 Å². The van der Waals surface area contributed by atoms with Crippen LogP contribution in [0.3, 0.4) is 0 Å². The van der Waals surface area contributed by atoms with Gasteiger partial charge in [-0.3, -0.25) is 14.4 Å². The van der Waals surface area contributed by atoms with Crippen LogP contribution in [0, 0.1) is 12.8 Å². The largest absolute Gasteiger partial charge is 0.480 e. The SMILES string of the molecule is Cc1ccc(C2CC(=O)C3=CC(C(=O)O)C(=O)N=C3C2)o1. The number of carboxylic acids is 1. The van der Waals surface area contributed by atoms with Crippen LogP contribution in [0.15, 0.2) is 33.2 Å². The van der Waals surface area contributed by atoms with Gasteiger partial charge in [-0.15, -0.1) is 0 Å². The Hall–Kier alpha value is -2.50. The van der Waals surface area contributed by atoms with E-state index in [1.165, 1.54) is 6.08 Å². The van der Waals surface area contributed by atoms with Gasteiger partial charge < -0.3 is 9.52 Å². The van der Waals surface area contributed by atoms with Gasteiger partial charge in [0.05, 0.1) is 5.71 Å². The standard InChI is InChI=1S/C15H13NO5/c1-7-2-3-13(21-7)8-4-11-9(12(17)5-8)6-10(15(19)20)14(18)16-11/h2-3,6,8,10H,4-5H2,1H3,(H,19,20). The number of Topliss-reactive ketones (excluding diaryl/α,β-unsaturated/α-hetero) is 1. The molecule has 2 heterocycles. The predicted molar refractivity (Wildman–Crippen MR) is 72.1 cm³/mol. The zero-order chi connectivity index (χ0) is 15.1. The number of carbonyl (C=O) groups is 3. The van der Waals surface area contributed by atoms with Gasteiger partial charge in [0.1, 0.15) is 11.5 Å². The van der Waals surface area contributed by atoms with Crippen LogP contribution in [-0.2, 0) is 14.4 Å². The molecule has 0 aromatic carbocycles. The van der Waals surface area contributed by atoms with Gasteiger partial charge in [-0.25, -0.2) is 4.99 Å². The number of dihydropyridines is 1. The predicted octanol–water partition coefficient (Wildman–Crippen LogP) is 1.64. The van der Waals surface area contributed by atoms with Gasteiger partial charge in [0.25, 0.3) is 5.91 Å². The third-order valence-corrected chi connectivity index (χ3v) is 3.76. The summed E-state index contributed by atoms with van der Waals surface area (Å²) in [6.45, 7) is 1.82. The lowest BCUT2D eigenvalue weighted by Gasteiger charge is -2.26. The van der Waals surface area contributed by atoms with Gasteiger partial charge >= 0.3 is 5.97 Å². The maximum absolute atomic E-state index is 12.2. The van der Waals surface area contributed by atoms with E-state index in [0.717, 1.165) is 5.76 Å². The van der Waals surface area contributed by atoms with Crippen molar-refractivity contribution >= 4 is 23.4 Å². The molecule has 6 nitrogen and oxygen atoms in total. The summed E-state index contributed by atoms with van der Waals surface area (Å²) in [7, 11) is 0. The molecular formula is C15H13NO5. The summed E-state index contributed by atoms with van der Waals surface area (Å²) in [4.78, 5) is 38.7. The maximum atomic E-state index is 12.2. The number of hydrogen-bond acceptors (Lipinski definition) is 4. The molecule has 1 N–H and O–H groups in total. The second kappa shape index (κ2) is 4.80. The van der Waals surface area contributed by atoms with Gasteiger partial charge in [0.15, 0.2) is 11.7 Å². The quantitative estimate of drug-likeness (QED) is 0.834. The molecule has 1 aliphatic carbocycles. The third-order valence-electron chi connectivity index (χ3n) is 3.76. The van der Waals surface area contributed by atoms with Crippen molar-refractivity contribution in [3.05, 3.63) is 35.3 Å². The van der Waals surface area contributed by atoms with Crippen LogP contribution in [0.4, 0.5) is 0 Å². The molecule has 6 heteroatoms. The van der Waals surface area contributed by atoms with E-state index in [-0.39, 0.29) is 23.7 Å². The zero-order valence-corrected chi connectivity index (χ0v) is 11.3. The van der Waals surface area contributed by atoms with E-state index in [4.69, 9.17) is 9.52 Å². The molecule has 3 rings (SSSR count). The molecule has 108 valence electrons. The molecular weight excluding hydrogens is 274 g/mol. The van der Waals surface area contributed by atoms with Crippen molar-refractivity contribution in [2.24, 2.45) is 10.9 Å². The average molecular weight is 287 g/mol. The second-order valence-electron chi connectivity index (χ2n) is 5.27. The Morgan fingerprint density at radius 1 is 1.33 bits per heavy atom. The number of aliphatic imine (C=N–C) groups is 1. The van der Waals surface area contributed by atoms with E-state index in [2.05, 4.69) is 4.99 Å². The van der Waals surface area contributed by atoms with Gasteiger partial charge in [-0.1, -0.05) is 0 Å². The highest BCUT2D eigenvalue weighted by Crippen LogP contribution is 2.35. The van der Waals surface area contributed by atoms with Crippen LogP contribution < -0.4 is 0 Å². The van der Waals surface area contributed by atoms with E-state index in [0.29, 0.717) is 17.9 Å². The number of allylic oxidation sites excluding steroid dienone is 1. The molecule has 2 atom stereocenters. The number of fused-ring (bicyclic) bond motifs is 1. The minimum Gasteiger partial charge on any atom is -0.480 e. The summed E-state index contributed by atoms with van der Waals surface area (Å²) in [5, 5.41) is 8.96. The van der Waals surface area contributed by atoms with Gasteiger partial charge in [-0.2, -0.15) is 0 Å². The number of aryl methyl sites for hydroxylation is 1. The summed E-state index contributed by atoms with van der Waals surface area (Å²) in [5.74, 6) is -2.27. The number of hydrogen-bond donors (Lipinski definition) is 1. The molecule has 21 heavy (non-hydrogen) atoms. The van der Waals surface area contributed by atoms with Gasteiger partial charge in [-0.05, 0) is 25.1 Å². The van der Waals surface area contributed by atoms with Crippen LogP contribution in [0.1, 0.15) is 30.3 Å². The monoisotopic (exact) mass is 287 g/mol. The average Bonchev–Trinajstić information content (AvgIpc) is 2.84. The summed E-state index contributed by atoms with van der Waals surface area (Å²) >= 11 is 0. The minimum absolute atomic E-state index is 0.156. The molecule has 0 bridgehead atoms. The second-order valence-corrected chi connectivity index (χ2v) is 5.27. The van der Waals surface area contributed by atoms with E-state index in [1.807, 2.05) is 19.1 Å². The first-order valence-electron chi connectivity index (χ1n) is 6.61. The van der Waals surface area contributed by atoms with Crippen molar-refractivity contribution in [1.82, 2.24) is 0 Å². The number of nitrogens with zero attached hydrogens (tertiary/aromatic N) is 1.